The van der Waals surface area contributed by atoms with E-state index in [9.17, 15) is 4.79 Å². The summed E-state index contributed by atoms with van der Waals surface area (Å²) in [6, 6.07) is 10.5. The highest BCUT2D eigenvalue weighted by Gasteiger charge is 2.41. The van der Waals surface area contributed by atoms with Crippen LogP contribution in [0.1, 0.15) is 49.4 Å². The van der Waals surface area contributed by atoms with Crippen molar-refractivity contribution in [3.8, 4) is 0 Å². The highest BCUT2D eigenvalue weighted by molar-refractivity contribution is 5.88. The Hall–Kier alpha value is -2.47. The molecule has 1 amide bonds. The smallest absolute Gasteiger partial charge is 0.232 e. The van der Waals surface area contributed by atoms with E-state index in [2.05, 4.69) is 39.7 Å². The molecule has 2 aromatic rings. The Kier molecular flexibility index (Phi) is 5.81. The summed E-state index contributed by atoms with van der Waals surface area (Å²) < 4.78 is 0. The van der Waals surface area contributed by atoms with E-state index in [1.165, 1.54) is 5.56 Å². The number of fused-ring (bicyclic) bond motifs is 1. The van der Waals surface area contributed by atoms with Crippen LogP contribution in [0.3, 0.4) is 0 Å². The van der Waals surface area contributed by atoms with Gasteiger partial charge in [-0.1, -0.05) is 30.3 Å². The summed E-state index contributed by atoms with van der Waals surface area (Å²) in [7, 11) is 2.14. The van der Waals surface area contributed by atoms with Crippen LogP contribution in [0.4, 0.5) is 5.95 Å². The van der Waals surface area contributed by atoms with E-state index in [-0.39, 0.29) is 11.9 Å². The number of piperidine rings is 1. The lowest BCUT2D eigenvalue weighted by Gasteiger charge is -2.36. The standard InChI is InChI=1S/C23H31N5O/c1-23(21(29)26-19-10-13-28(2)14-11-19)12-6-9-18-16-25-22(27-20(18)23)24-15-17-7-4-3-5-8-17/h3-5,7-8,16,19H,6,9-15H2,1-2H3,(H,26,29)(H,24,25,27). The van der Waals surface area contributed by atoms with Gasteiger partial charge in [-0.3, -0.25) is 4.79 Å². The summed E-state index contributed by atoms with van der Waals surface area (Å²) in [5.74, 6) is 0.702. The maximum Gasteiger partial charge on any atom is 0.232 e. The number of nitrogens with one attached hydrogen (secondary N) is 2. The second-order valence-electron chi connectivity index (χ2n) is 8.64. The molecule has 2 heterocycles. The molecule has 1 aliphatic carbocycles. The van der Waals surface area contributed by atoms with Crippen molar-refractivity contribution in [2.45, 2.75) is 57.0 Å². The molecule has 1 aromatic heterocycles. The fourth-order valence-corrected chi connectivity index (χ4v) is 4.40. The number of carbonyl (C=O) groups is 1. The van der Waals surface area contributed by atoms with Gasteiger partial charge in [-0.15, -0.1) is 0 Å². The molecule has 1 aliphatic heterocycles. The fraction of sp³-hybridized carbons (Fsp3) is 0.522. The number of aromatic nitrogens is 2. The van der Waals surface area contributed by atoms with Gasteiger partial charge in [-0.2, -0.15) is 0 Å². The predicted octanol–water partition coefficient (Wildman–Crippen LogP) is 2.89. The third-order valence-corrected chi connectivity index (χ3v) is 6.36. The van der Waals surface area contributed by atoms with Gasteiger partial charge >= 0.3 is 0 Å². The summed E-state index contributed by atoms with van der Waals surface area (Å²) >= 11 is 0. The number of nitrogens with zero attached hydrogens (tertiary/aromatic N) is 3. The van der Waals surface area contributed by atoms with E-state index >= 15 is 0 Å². The number of carbonyl (C=O) groups excluding carboxylic acids is 1. The molecule has 1 saturated heterocycles. The predicted molar refractivity (Wildman–Crippen MR) is 115 cm³/mol. The molecule has 6 nitrogen and oxygen atoms in total. The number of rotatable bonds is 5. The lowest BCUT2D eigenvalue weighted by atomic mass is 9.73. The molecular weight excluding hydrogens is 362 g/mol. The SMILES string of the molecule is CN1CCC(NC(=O)C2(C)CCCc3cnc(NCc4ccccc4)nc32)CC1. The van der Waals surface area contributed by atoms with E-state index in [0.29, 0.717) is 12.5 Å². The van der Waals surface area contributed by atoms with Gasteiger partial charge < -0.3 is 15.5 Å². The molecule has 1 unspecified atom stereocenters. The van der Waals surface area contributed by atoms with Crippen molar-refractivity contribution in [1.29, 1.82) is 0 Å². The van der Waals surface area contributed by atoms with E-state index in [0.717, 1.165) is 56.5 Å². The third kappa shape index (κ3) is 4.42. The summed E-state index contributed by atoms with van der Waals surface area (Å²) in [6.07, 6.45) is 6.68. The molecule has 4 rings (SSSR count). The largest absolute Gasteiger partial charge is 0.352 e. The van der Waals surface area contributed by atoms with Crippen molar-refractivity contribution < 1.29 is 4.79 Å². The molecule has 0 spiro atoms. The molecule has 154 valence electrons. The van der Waals surface area contributed by atoms with Crippen LogP contribution in [0.15, 0.2) is 36.5 Å². The number of anilines is 1. The Morgan fingerprint density at radius 3 is 2.76 bits per heavy atom. The van der Waals surface area contributed by atoms with E-state index in [1.54, 1.807) is 0 Å². The van der Waals surface area contributed by atoms with Crippen molar-refractivity contribution in [1.82, 2.24) is 20.2 Å². The number of likely N-dealkylation sites (tertiary alicyclic amines) is 1. The molecule has 2 aliphatic rings. The minimum Gasteiger partial charge on any atom is -0.352 e. The van der Waals surface area contributed by atoms with Crippen LogP contribution in [0.25, 0.3) is 0 Å². The highest BCUT2D eigenvalue weighted by atomic mass is 16.2. The molecule has 29 heavy (non-hydrogen) atoms. The number of aryl methyl sites for hydroxylation is 1. The molecule has 0 saturated carbocycles. The Balaban J connectivity index is 1.50. The summed E-state index contributed by atoms with van der Waals surface area (Å²) in [5, 5.41) is 6.64. The first-order valence-corrected chi connectivity index (χ1v) is 10.7. The van der Waals surface area contributed by atoms with Crippen LogP contribution in [0.2, 0.25) is 0 Å². The van der Waals surface area contributed by atoms with Gasteiger partial charge in [0, 0.05) is 18.8 Å². The summed E-state index contributed by atoms with van der Waals surface area (Å²) in [4.78, 5) is 24.9. The molecule has 2 N–H and O–H groups in total. The lowest BCUT2D eigenvalue weighted by Crippen LogP contribution is -2.51. The van der Waals surface area contributed by atoms with Gasteiger partial charge in [0.15, 0.2) is 0 Å². The topological polar surface area (TPSA) is 70.2 Å². The number of amides is 1. The Morgan fingerprint density at radius 1 is 1.24 bits per heavy atom. The second-order valence-corrected chi connectivity index (χ2v) is 8.64. The van der Waals surface area contributed by atoms with Gasteiger partial charge in [0.25, 0.3) is 0 Å². The normalized spacial score (nSPS) is 22.7. The second kappa shape index (κ2) is 8.49. The highest BCUT2D eigenvalue weighted by Crippen LogP contribution is 2.36. The molecule has 1 aromatic carbocycles. The lowest BCUT2D eigenvalue weighted by molar-refractivity contribution is -0.128. The first-order chi connectivity index (χ1) is 14.0. The van der Waals surface area contributed by atoms with Gasteiger partial charge in [0.05, 0.1) is 11.1 Å². The summed E-state index contributed by atoms with van der Waals surface area (Å²) in [6.45, 7) is 4.78. The van der Waals surface area contributed by atoms with Crippen LogP contribution in [0.5, 0.6) is 0 Å². The molecular formula is C23H31N5O. The first kappa shape index (κ1) is 19.8. The fourth-order valence-electron chi connectivity index (χ4n) is 4.40. The molecule has 1 atom stereocenters. The van der Waals surface area contributed by atoms with Crippen molar-refractivity contribution >= 4 is 11.9 Å². The number of hydrogen-bond acceptors (Lipinski definition) is 5. The molecule has 0 bridgehead atoms. The quantitative estimate of drug-likeness (QED) is 0.817. The van der Waals surface area contributed by atoms with E-state index in [4.69, 9.17) is 4.98 Å². The molecule has 6 heteroatoms. The van der Waals surface area contributed by atoms with Crippen molar-refractivity contribution in [3.05, 3.63) is 53.3 Å². The van der Waals surface area contributed by atoms with Crippen molar-refractivity contribution in [2.75, 3.05) is 25.5 Å². The Labute approximate surface area is 173 Å². The van der Waals surface area contributed by atoms with Crippen LogP contribution in [-0.4, -0.2) is 47.0 Å². The minimum atomic E-state index is -0.594. The van der Waals surface area contributed by atoms with Crippen LogP contribution < -0.4 is 10.6 Å². The first-order valence-electron chi connectivity index (χ1n) is 10.7. The Bertz CT molecular complexity index is 848. The maximum atomic E-state index is 13.3. The van der Waals surface area contributed by atoms with E-state index < -0.39 is 5.41 Å². The minimum absolute atomic E-state index is 0.112. The van der Waals surface area contributed by atoms with E-state index in [1.807, 2.05) is 31.3 Å². The number of hydrogen-bond donors (Lipinski definition) is 2. The van der Waals surface area contributed by atoms with Gasteiger partial charge in [0.1, 0.15) is 0 Å². The number of benzene rings is 1. The Morgan fingerprint density at radius 2 is 2.00 bits per heavy atom. The molecule has 0 radical (unpaired) electrons. The van der Waals surface area contributed by atoms with Crippen molar-refractivity contribution in [3.63, 3.8) is 0 Å². The van der Waals surface area contributed by atoms with Gasteiger partial charge in [-0.25, -0.2) is 9.97 Å². The third-order valence-electron chi connectivity index (χ3n) is 6.36. The summed E-state index contributed by atoms with van der Waals surface area (Å²) in [5.41, 5.74) is 2.57. The zero-order chi connectivity index (χ0) is 20.3. The maximum absolute atomic E-state index is 13.3. The average molecular weight is 394 g/mol. The average Bonchev–Trinajstić information content (AvgIpc) is 2.75. The molecule has 1 fully saturated rings. The van der Waals surface area contributed by atoms with Crippen LogP contribution in [-0.2, 0) is 23.2 Å². The van der Waals surface area contributed by atoms with Crippen LogP contribution >= 0.6 is 0 Å². The monoisotopic (exact) mass is 393 g/mol. The van der Waals surface area contributed by atoms with Crippen LogP contribution in [0, 0.1) is 0 Å². The zero-order valence-corrected chi connectivity index (χ0v) is 17.4. The zero-order valence-electron chi connectivity index (χ0n) is 17.4. The van der Waals surface area contributed by atoms with Gasteiger partial charge in [0.2, 0.25) is 11.9 Å². The van der Waals surface area contributed by atoms with Crippen molar-refractivity contribution in [2.24, 2.45) is 0 Å². The van der Waals surface area contributed by atoms with Gasteiger partial charge in [-0.05, 0) is 70.3 Å².